The van der Waals surface area contributed by atoms with Gasteiger partial charge in [-0.3, -0.25) is 19.7 Å². The van der Waals surface area contributed by atoms with Crippen molar-refractivity contribution in [2.45, 2.75) is 259 Å². The first kappa shape index (κ1) is 50.6. The van der Waals surface area contributed by atoms with E-state index in [0.29, 0.717) is 25.9 Å². The van der Waals surface area contributed by atoms with Gasteiger partial charge in [0.1, 0.15) is 17.9 Å². The van der Waals surface area contributed by atoms with Gasteiger partial charge < -0.3 is 9.47 Å². The van der Waals surface area contributed by atoms with Gasteiger partial charge in [-0.25, -0.2) is 0 Å². The number of carbonyl (C=O) groups is 3. The summed E-state index contributed by atoms with van der Waals surface area (Å²) < 4.78 is 11.0. The Morgan fingerprint density at radius 3 is 1.12 bits per heavy atom. The first-order chi connectivity index (χ1) is 25.4. The van der Waals surface area contributed by atoms with Crippen molar-refractivity contribution in [1.82, 2.24) is 5.32 Å². The predicted octanol–water partition coefficient (Wildman–Crippen LogP) is 13.6. The molecule has 3 unspecified atom stereocenters. The lowest BCUT2D eigenvalue weighted by molar-refractivity contribution is -0.149. The van der Waals surface area contributed by atoms with E-state index >= 15 is 0 Å². The Labute approximate surface area is 323 Å². The first-order valence-corrected chi connectivity index (χ1v) is 23.1. The van der Waals surface area contributed by atoms with Crippen molar-refractivity contribution in [2.75, 3.05) is 13.2 Å². The van der Waals surface area contributed by atoms with Gasteiger partial charge in [-0.15, -0.1) is 0 Å². The second kappa shape index (κ2) is 39.3. The minimum absolute atomic E-state index is 0.203. The Balaban J connectivity index is 5.26. The average Bonchev–Trinajstić information content (AvgIpc) is 3.14. The fourth-order valence-corrected chi connectivity index (χ4v) is 7.45. The minimum atomic E-state index is -0.696. The molecule has 6 nitrogen and oxygen atoms in total. The number of ether oxygens (including phenoxy) is 2. The second-order valence-corrected chi connectivity index (χ2v) is 15.7. The number of hydrogen-bond acceptors (Lipinski definition) is 6. The van der Waals surface area contributed by atoms with Crippen LogP contribution in [0, 0.1) is 5.92 Å². The summed E-state index contributed by atoms with van der Waals surface area (Å²) in [7, 11) is 0. The summed E-state index contributed by atoms with van der Waals surface area (Å²) in [5, 5.41) is 3.38. The molecular formula is C46H89NO5. The van der Waals surface area contributed by atoms with E-state index in [0.717, 1.165) is 44.9 Å². The van der Waals surface area contributed by atoms with Crippen LogP contribution in [0.25, 0.3) is 0 Å². The monoisotopic (exact) mass is 736 g/mol. The number of carbonyl (C=O) groups excluding carboxylic acids is 3. The Kier molecular flexibility index (Phi) is 38.2. The van der Waals surface area contributed by atoms with E-state index in [1.54, 1.807) is 0 Å². The summed E-state index contributed by atoms with van der Waals surface area (Å²) in [5.41, 5.74) is 0. The largest absolute Gasteiger partial charge is 0.465 e. The molecule has 0 fully saturated rings. The van der Waals surface area contributed by atoms with Gasteiger partial charge in [-0.1, -0.05) is 201 Å². The minimum Gasteiger partial charge on any atom is -0.465 e. The van der Waals surface area contributed by atoms with Crippen LogP contribution in [0.3, 0.4) is 0 Å². The van der Waals surface area contributed by atoms with Crippen LogP contribution < -0.4 is 5.32 Å². The quantitative estimate of drug-likeness (QED) is 0.0497. The third-order valence-electron chi connectivity index (χ3n) is 10.8. The van der Waals surface area contributed by atoms with Crippen molar-refractivity contribution >= 4 is 17.7 Å². The van der Waals surface area contributed by atoms with Gasteiger partial charge in [0.05, 0.1) is 13.2 Å². The van der Waals surface area contributed by atoms with Crippen LogP contribution in [0.5, 0.6) is 0 Å². The maximum atomic E-state index is 13.8. The summed E-state index contributed by atoms with van der Waals surface area (Å²) in [6.45, 7) is 11.0. The highest BCUT2D eigenvalue weighted by Gasteiger charge is 2.32. The summed E-state index contributed by atoms with van der Waals surface area (Å²) in [6, 6.07) is -1.27. The number of esters is 2. The Morgan fingerprint density at radius 1 is 0.404 bits per heavy atom. The van der Waals surface area contributed by atoms with E-state index in [2.05, 4.69) is 26.1 Å². The van der Waals surface area contributed by atoms with E-state index in [-0.39, 0.29) is 30.2 Å². The molecule has 0 radical (unpaired) electrons. The van der Waals surface area contributed by atoms with Crippen molar-refractivity contribution in [1.29, 1.82) is 0 Å². The molecule has 6 heteroatoms. The topological polar surface area (TPSA) is 81.7 Å². The molecular weight excluding hydrogens is 647 g/mol. The number of Topliss-reactive ketones (excluding diaryl/α,β-unsaturated/α-hetero) is 1. The van der Waals surface area contributed by atoms with Gasteiger partial charge in [0, 0.05) is 12.3 Å². The maximum Gasteiger partial charge on any atom is 0.323 e. The Bertz CT molecular complexity index is 802. The first-order valence-electron chi connectivity index (χ1n) is 23.1. The molecule has 0 bridgehead atoms. The zero-order valence-corrected chi connectivity index (χ0v) is 35.5. The second-order valence-electron chi connectivity index (χ2n) is 15.7. The van der Waals surface area contributed by atoms with Gasteiger partial charge in [0.2, 0.25) is 0 Å². The van der Waals surface area contributed by atoms with Crippen LogP contribution in [0.4, 0.5) is 0 Å². The lowest BCUT2D eigenvalue weighted by Crippen LogP contribution is -2.49. The summed E-state index contributed by atoms with van der Waals surface area (Å²) in [4.78, 5) is 40.3. The predicted molar refractivity (Wildman–Crippen MR) is 222 cm³/mol. The molecule has 308 valence electrons. The molecule has 0 rings (SSSR count). The van der Waals surface area contributed by atoms with Crippen molar-refractivity contribution in [3.05, 3.63) is 0 Å². The molecule has 0 aromatic rings. The van der Waals surface area contributed by atoms with E-state index < -0.39 is 12.1 Å². The summed E-state index contributed by atoms with van der Waals surface area (Å²) >= 11 is 0. The fourth-order valence-electron chi connectivity index (χ4n) is 7.45. The van der Waals surface area contributed by atoms with Crippen molar-refractivity contribution in [3.8, 4) is 0 Å². The summed E-state index contributed by atoms with van der Waals surface area (Å²) in [6.07, 6.45) is 38.2. The molecule has 52 heavy (non-hydrogen) atoms. The number of unbranched alkanes of at least 4 members (excludes halogenated alkanes) is 26. The van der Waals surface area contributed by atoms with Crippen molar-refractivity contribution < 1.29 is 23.9 Å². The lowest BCUT2D eigenvalue weighted by Gasteiger charge is -2.26. The molecule has 0 aliphatic heterocycles. The van der Waals surface area contributed by atoms with Crippen LogP contribution in [0.2, 0.25) is 0 Å². The highest BCUT2D eigenvalue weighted by atomic mass is 16.5. The SMILES string of the molecule is CCCCCCCCCCCCCC(=O)C(CCCCCCCCCC)CC(NC(CCCCCCCCCCCC)C(=O)OCC)C(=O)OCC. The summed E-state index contributed by atoms with van der Waals surface area (Å²) in [5.74, 6) is -0.592. The van der Waals surface area contributed by atoms with Gasteiger partial charge in [-0.2, -0.15) is 0 Å². The number of nitrogens with one attached hydrogen (secondary N) is 1. The lowest BCUT2D eigenvalue weighted by atomic mass is 9.87. The average molecular weight is 736 g/mol. The third kappa shape index (κ3) is 31.0. The molecule has 0 aliphatic rings. The molecule has 0 spiro atoms. The molecule has 0 heterocycles. The molecule has 0 saturated heterocycles. The molecule has 0 saturated carbocycles. The Morgan fingerprint density at radius 2 is 0.731 bits per heavy atom. The van der Waals surface area contributed by atoms with Crippen LogP contribution >= 0.6 is 0 Å². The van der Waals surface area contributed by atoms with E-state index in [9.17, 15) is 14.4 Å². The zero-order valence-electron chi connectivity index (χ0n) is 35.5. The van der Waals surface area contributed by atoms with Crippen molar-refractivity contribution in [3.63, 3.8) is 0 Å². The molecule has 0 aromatic heterocycles. The van der Waals surface area contributed by atoms with Gasteiger partial charge in [0.15, 0.2) is 0 Å². The highest BCUT2D eigenvalue weighted by Crippen LogP contribution is 2.23. The molecule has 0 aliphatic carbocycles. The van der Waals surface area contributed by atoms with E-state index in [1.807, 2.05) is 13.8 Å². The van der Waals surface area contributed by atoms with Gasteiger partial charge in [-0.05, 0) is 39.5 Å². The smallest absolute Gasteiger partial charge is 0.323 e. The van der Waals surface area contributed by atoms with Crippen LogP contribution in [0.1, 0.15) is 247 Å². The molecule has 3 atom stereocenters. The third-order valence-corrected chi connectivity index (χ3v) is 10.8. The number of ketones is 1. The zero-order chi connectivity index (χ0) is 38.3. The van der Waals surface area contributed by atoms with Crippen LogP contribution in [0.15, 0.2) is 0 Å². The van der Waals surface area contributed by atoms with Gasteiger partial charge >= 0.3 is 11.9 Å². The van der Waals surface area contributed by atoms with Crippen molar-refractivity contribution in [2.24, 2.45) is 5.92 Å². The molecule has 0 aromatic carbocycles. The normalized spacial score (nSPS) is 13.2. The highest BCUT2D eigenvalue weighted by molar-refractivity contribution is 5.83. The van der Waals surface area contributed by atoms with Crippen LogP contribution in [-0.4, -0.2) is 43.0 Å². The fraction of sp³-hybridized carbons (Fsp3) is 0.935. The standard InChI is InChI=1S/C46H89NO5/c1-6-11-14-17-20-23-25-27-30-33-36-39-44(48)41(37-34-31-28-22-19-16-13-8-3)40-43(46(50)52-10-5)47-42(45(49)51-9-4)38-35-32-29-26-24-21-18-15-12-7-2/h41-43,47H,6-40H2,1-5H3. The van der Waals surface area contributed by atoms with E-state index in [4.69, 9.17) is 9.47 Å². The number of rotatable bonds is 41. The van der Waals surface area contributed by atoms with Crippen LogP contribution in [-0.2, 0) is 23.9 Å². The van der Waals surface area contributed by atoms with Gasteiger partial charge in [0.25, 0.3) is 0 Å². The Hall–Kier alpha value is -1.43. The van der Waals surface area contributed by atoms with E-state index in [1.165, 1.54) is 148 Å². The molecule has 1 N–H and O–H groups in total. The maximum absolute atomic E-state index is 13.8. The number of hydrogen-bond donors (Lipinski definition) is 1. The molecule has 0 amide bonds.